The molecule has 0 amide bonds. The number of nitrogens with one attached hydrogen (secondary N) is 2. The third-order valence-electron chi connectivity index (χ3n) is 1.68. The second-order valence-corrected chi connectivity index (χ2v) is 5.09. The Kier molecular flexibility index (Phi) is 4.05. The van der Waals surface area contributed by atoms with Crippen LogP contribution in [0.25, 0.3) is 0 Å². The van der Waals surface area contributed by atoms with E-state index in [0.717, 1.165) is 17.8 Å². The molecule has 0 aromatic carbocycles. The third-order valence-corrected chi connectivity index (χ3v) is 2.41. The molecule has 0 bridgehead atoms. The van der Waals surface area contributed by atoms with Gasteiger partial charge in [0.05, 0.1) is 6.26 Å². The lowest BCUT2D eigenvalue weighted by molar-refractivity contribution is 0.589. The summed E-state index contributed by atoms with van der Waals surface area (Å²) >= 11 is 0. The number of anilines is 1. The lowest BCUT2D eigenvalue weighted by Crippen LogP contribution is -2.27. The normalized spacial score (nSPS) is 11.3. The number of nitrogens with zero attached hydrogens (tertiary/aromatic N) is 1. The Bertz CT molecular complexity index is 417. The van der Waals surface area contributed by atoms with Crippen LogP contribution in [0.1, 0.15) is 5.69 Å². The maximum Gasteiger partial charge on any atom is 0.208 e. The molecular weight excluding hydrogens is 214 g/mol. The second kappa shape index (κ2) is 5.09. The van der Waals surface area contributed by atoms with Crippen LogP contribution in [0.3, 0.4) is 0 Å². The van der Waals surface area contributed by atoms with Crippen LogP contribution in [0.5, 0.6) is 0 Å². The van der Waals surface area contributed by atoms with Crippen molar-refractivity contribution in [2.45, 2.75) is 6.92 Å². The molecule has 84 valence electrons. The van der Waals surface area contributed by atoms with Crippen LogP contribution in [0, 0.1) is 6.92 Å². The van der Waals surface area contributed by atoms with Gasteiger partial charge in [-0.3, -0.25) is 0 Å². The van der Waals surface area contributed by atoms with Crippen molar-refractivity contribution in [3.8, 4) is 0 Å². The van der Waals surface area contributed by atoms with E-state index in [2.05, 4.69) is 15.0 Å². The number of pyridine rings is 1. The molecule has 0 fully saturated rings. The van der Waals surface area contributed by atoms with Gasteiger partial charge in [0.15, 0.2) is 0 Å². The van der Waals surface area contributed by atoms with Gasteiger partial charge in [0.2, 0.25) is 10.0 Å². The monoisotopic (exact) mass is 229 g/mol. The highest BCUT2D eigenvalue weighted by molar-refractivity contribution is 7.88. The number of rotatable bonds is 5. The van der Waals surface area contributed by atoms with Gasteiger partial charge in [-0.15, -0.1) is 0 Å². The van der Waals surface area contributed by atoms with Gasteiger partial charge in [-0.05, 0) is 19.1 Å². The summed E-state index contributed by atoms with van der Waals surface area (Å²) in [4.78, 5) is 4.22. The highest BCUT2D eigenvalue weighted by atomic mass is 32.2. The van der Waals surface area contributed by atoms with Gasteiger partial charge >= 0.3 is 0 Å². The van der Waals surface area contributed by atoms with E-state index in [1.807, 2.05) is 25.1 Å². The van der Waals surface area contributed by atoms with Crippen LogP contribution in [-0.2, 0) is 10.0 Å². The minimum atomic E-state index is -3.10. The van der Waals surface area contributed by atoms with Crippen molar-refractivity contribution in [3.05, 3.63) is 23.9 Å². The summed E-state index contributed by atoms with van der Waals surface area (Å²) in [5, 5.41) is 3.02. The van der Waals surface area contributed by atoms with Crippen LogP contribution in [0.4, 0.5) is 5.82 Å². The number of sulfonamides is 1. The molecular formula is C9H15N3O2S. The Morgan fingerprint density at radius 2 is 2.07 bits per heavy atom. The zero-order chi connectivity index (χ0) is 11.3. The molecule has 0 saturated heterocycles. The Morgan fingerprint density at radius 1 is 1.33 bits per heavy atom. The minimum absolute atomic E-state index is 0.356. The lowest BCUT2D eigenvalue weighted by atomic mass is 10.4. The zero-order valence-corrected chi connectivity index (χ0v) is 9.63. The van der Waals surface area contributed by atoms with Crippen LogP contribution < -0.4 is 10.0 Å². The lowest BCUT2D eigenvalue weighted by Gasteiger charge is -2.06. The summed E-state index contributed by atoms with van der Waals surface area (Å²) in [5.41, 5.74) is 0.927. The van der Waals surface area contributed by atoms with Crippen molar-refractivity contribution in [2.75, 3.05) is 24.7 Å². The maximum atomic E-state index is 10.7. The molecule has 0 aliphatic rings. The van der Waals surface area contributed by atoms with Crippen LogP contribution in [0.2, 0.25) is 0 Å². The van der Waals surface area contributed by atoms with E-state index in [4.69, 9.17) is 0 Å². The van der Waals surface area contributed by atoms with Gasteiger partial charge in [-0.25, -0.2) is 18.1 Å². The van der Waals surface area contributed by atoms with E-state index in [-0.39, 0.29) is 0 Å². The van der Waals surface area contributed by atoms with E-state index in [1.165, 1.54) is 0 Å². The summed E-state index contributed by atoms with van der Waals surface area (Å²) in [6.07, 6.45) is 1.14. The van der Waals surface area contributed by atoms with Crippen molar-refractivity contribution in [3.63, 3.8) is 0 Å². The molecule has 1 aromatic heterocycles. The van der Waals surface area contributed by atoms with E-state index in [0.29, 0.717) is 13.1 Å². The first-order valence-electron chi connectivity index (χ1n) is 4.59. The third kappa shape index (κ3) is 5.34. The molecule has 0 spiro atoms. The van der Waals surface area contributed by atoms with Crippen LogP contribution >= 0.6 is 0 Å². The van der Waals surface area contributed by atoms with E-state index >= 15 is 0 Å². The number of hydrogen-bond donors (Lipinski definition) is 2. The van der Waals surface area contributed by atoms with E-state index < -0.39 is 10.0 Å². The molecule has 0 unspecified atom stereocenters. The first-order valence-corrected chi connectivity index (χ1v) is 6.49. The molecule has 1 rings (SSSR count). The molecule has 5 nitrogen and oxygen atoms in total. The van der Waals surface area contributed by atoms with Gasteiger partial charge in [0, 0.05) is 18.8 Å². The summed E-state index contributed by atoms with van der Waals surface area (Å²) in [6, 6.07) is 5.64. The Labute approximate surface area is 90.0 Å². The van der Waals surface area contributed by atoms with Crippen molar-refractivity contribution in [1.29, 1.82) is 0 Å². The largest absolute Gasteiger partial charge is 0.369 e. The fourth-order valence-corrected chi connectivity index (χ4v) is 1.54. The molecule has 6 heteroatoms. The number of hydrogen-bond acceptors (Lipinski definition) is 4. The Balaban J connectivity index is 2.32. The van der Waals surface area contributed by atoms with Gasteiger partial charge in [0.25, 0.3) is 0 Å². The van der Waals surface area contributed by atoms with Crippen LogP contribution in [-0.4, -0.2) is 32.7 Å². The predicted molar refractivity (Wildman–Crippen MR) is 60.3 cm³/mol. The van der Waals surface area contributed by atoms with Crippen molar-refractivity contribution < 1.29 is 8.42 Å². The quantitative estimate of drug-likeness (QED) is 0.715. The average molecular weight is 229 g/mol. The van der Waals surface area contributed by atoms with E-state index in [9.17, 15) is 8.42 Å². The molecule has 1 heterocycles. The Hall–Kier alpha value is -1.14. The number of aryl methyl sites for hydroxylation is 1. The number of aromatic nitrogens is 1. The minimum Gasteiger partial charge on any atom is -0.369 e. The summed E-state index contributed by atoms with van der Waals surface area (Å²) in [6.45, 7) is 2.78. The smallest absolute Gasteiger partial charge is 0.208 e. The van der Waals surface area contributed by atoms with E-state index in [1.54, 1.807) is 0 Å². The summed E-state index contributed by atoms with van der Waals surface area (Å²) < 4.78 is 23.9. The van der Waals surface area contributed by atoms with Gasteiger partial charge in [-0.2, -0.15) is 0 Å². The SMILES string of the molecule is Cc1cccc(NCCNS(C)(=O)=O)n1. The molecule has 0 saturated carbocycles. The Morgan fingerprint density at radius 3 is 2.67 bits per heavy atom. The molecule has 0 aliphatic carbocycles. The fraction of sp³-hybridized carbons (Fsp3) is 0.444. The van der Waals surface area contributed by atoms with Crippen molar-refractivity contribution in [1.82, 2.24) is 9.71 Å². The van der Waals surface area contributed by atoms with Crippen LogP contribution in [0.15, 0.2) is 18.2 Å². The average Bonchev–Trinajstić information content (AvgIpc) is 2.11. The van der Waals surface area contributed by atoms with Gasteiger partial charge in [0.1, 0.15) is 5.82 Å². The molecule has 0 atom stereocenters. The molecule has 15 heavy (non-hydrogen) atoms. The van der Waals surface area contributed by atoms with Gasteiger partial charge in [-0.1, -0.05) is 6.07 Å². The zero-order valence-electron chi connectivity index (χ0n) is 8.82. The first-order chi connectivity index (χ1) is 6.97. The molecule has 1 aromatic rings. The topological polar surface area (TPSA) is 71.1 Å². The highest BCUT2D eigenvalue weighted by Crippen LogP contribution is 2.02. The predicted octanol–water partition coefficient (Wildman–Crippen LogP) is 0.351. The summed E-state index contributed by atoms with van der Waals surface area (Å²) in [5.74, 6) is 0.755. The summed E-state index contributed by atoms with van der Waals surface area (Å²) in [7, 11) is -3.10. The molecule has 2 N–H and O–H groups in total. The molecule has 0 radical (unpaired) electrons. The van der Waals surface area contributed by atoms with Crippen molar-refractivity contribution in [2.24, 2.45) is 0 Å². The van der Waals surface area contributed by atoms with Gasteiger partial charge < -0.3 is 5.32 Å². The molecule has 0 aliphatic heterocycles. The standard InChI is InChI=1S/C9H15N3O2S/c1-8-4-3-5-9(12-8)10-6-7-11-15(2,13)14/h3-5,11H,6-7H2,1-2H3,(H,10,12). The second-order valence-electron chi connectivity index (χ2n) is 3.26. The fourth-order valence-electron chi connectivity index (χ4n) is 1.07. The maximum absolute atomic E-state index is 10.7. The highest BCUT2D eigenvalue weighted by Gasteiger charge is 1.98. The van der Waals surface area contributed by atoms with Crippen molar-refractivity contribution >= 4 is 15.8 Å². The first kappa shape index (κ1) is 11.9.